The SMILES string of the molecule is CCOC(=O)C(C(C)C)C1(O)CCCC(C)(C)CC1. The fraction of sp³-hybridized carbons (Fsp3) is 0.938. The molecule has 0 aromatic rings. The highest BCUT2D eigenvalue weighted by Crippen LogP contribution is 2.43. The molecule has 0 amide bonds. The maximum Gasteiger partial charge on any atom is 0.312 e. The van der Waals surface area contributed by atoms with E-state index < -0.39 is 11.5 Å². The molecule has 3 heteroatoms. The Bertz CT molecular complexity index is 309. The number of hydrogen-bond acceptors (Lipinski definition) is 3. The molecule has 1 N–H and O–H groups in total. The Kier molecular flexibility index (Phi) is 5.43. The minimum atomic E-state index is -0.895. The van der Waals surface area contributed by atoms with Crippen LogP contribution in [-0.4, -0.2) is 23.3 Å². The highest BCUT2D eigenvalue weighted by molar-refractivity contribution is 5.74. The van der Waals surface area contributed by atoms with Gasteiger partial charge in [0.1, 0.15) is 0 Å². The van der Waals surface area contributed by atoms with Gasteiger partial charge in [0.25, 0.3) is 0 Å². The second-order valence-corrected chi connectivity index (χ2v) is 7.10. The molecule has 2 unspecified atom stereocenters. The van der Waals surface area contributed by atoms with Crippen LogP contribution in [0.3, 0.4) is 0 Å². The van der Waals surface area contributed by atoms with E-state index in [0.29, 0.717) is 19.4 Å². The molecule has 112 valence electrons. The third kappa shape index (κ3) is 4.20. The first-order chi connectivity index (χ1) is 8.72. The first-order valence-corrected chi connectivity index (χ1v) is 7.61. The molecule has 1 aliphatic rings. The number of hydrogen-bond donors (Lipinski definition) is 1. The van der Waals surface area contributed by atoms with Crippen molar-refractivity contribution in [2.45, 2.75) is 72.3 Å². The van der Waals surface area contributed by atoms with Crippen molar-refractivity contribution >= 4 is 5.97 Å². The monoisotopic (exact) mass is 270 g/mol. The van der Waals surface area contributed by atoms with Gasteiger partial charge in [-0.1, -0.05) is 34.1 Å². The lowest BCUT2D eigenvalue weighted by molar-refractivity contribution is -0.163. The van der Waals surface area contributed by atoms with Crippen LogP contribution in [0.1, 0.15) is 66.7 Å². The van der Waals surface area contributed by atoms with Crippen LogP contribution in [0.4, 0.5) is 0 Å². The summed E-state index contributed by atoms with van der Waals surface area (Å²) < 4.78 is 5.18. The van der Waals surface area contributed by atoms with Gasteiger partial charge in [-0.15, -0.1) is 0 Å². The summed E-state index contributed by atoms with van der Waals surface area (Å²) in [7, 11) is 0. The molecule has 0 spiro atoms. The van der Waals surface area contributed by atoms with Gasteiger partial charge < -0.3 is 9.84 Å². The van der Waals surface area contributed by atoms with E-state index in [1.165, 1.54) is 0 Å². The van der Waals surface area contributed by atoms with E-state index in [9.17, 15) is 9.90 Å². The second kappa shape index (κ2) is 6.25. The molecule has 1 rings (SSSR count). The fourth-order valence-corrected chi connectivity index (χ4v) is 3.33. The largest absolute Gasteiger partial charge is 0.466 e. The van der Waals surface area contributed by atoms with Crippen LogP contribution >= 0.6 is 0 Å². The van der Waals surface area contributed by atoms with Crippen molar-refractivity contribution in [3.63, 3.8) is 0 Å². The van der Waals surface area contributed by atoms with Crippen LogP contribution in [0.5, 0.6) is 0 Å². The third-order valence-electron chi connectivity index (χ3n) is 4.48. The van der Waals surface area contributed by atoms with E-state index in [2.05, 4.69) is 13.8 Å². The highest BCUT2D eigenvalue weighted by atomic mass is 16.5. The summed E-state index contributed by atoms with van der Waals surface area (Å²) in [6, 6.07) is 0. The summed E-state index contributed by atoms with van der Waals surface area (Å²) in [5.74, 6) is -0.536. The Hall–Kier alpha value is -0.570. The van der Waals surface area contributed by atoms with E-state index in [1.807, 2.05) is 20.8 Å². The van der Waals surface area contributed by atoms with Crippen molar-refractivity contribution in [1.82, 2.24) is 0 Å². The molecule has 0 bridgehead atoms. The molecule has 0 saturated heterocycles. The van der Waals surface area contributed by atoms with Crippen molar-refractivity contribution in [3.05, 3.63) is 0 Å². The van der Waals surface area contributed by atoms with Crippen LogP contribution in [0.25, 0.3) is 0 Å². The third-order valence-corrected chi connectivity index (χ3v) is 4.48. The van der Waals surface area contributed by atoms with Gasteiger partial charge in [0.05, 0.1) is 18.1 Å². The summed E-state index contributed by atoms with van der Waals surface area (Å²) in [6.07, 6.45) is 4.46. The molecule has 0 aliphatic heterocycles. The summed E-state index contributed by atoms with van der Waals surface area (Å²) in [6.45, 7) is 10.7. The Morgan fingerprint density at radius 2 is 1.84 bits per heavy atom. The van der Waals surface area contributed by atoms with Gasteiger partial charge in [-0.2, -0.15) is 0 Å². The van der Waals surface area contributed by atoms with Crippen LogP contribution in [0, 0.1) is 17.3 Å². The molecule has 1 aliphatic carbocycles. The average Bonchev–Trinajstić information content (AvgIpc) is 2.38. The van der Waals surface area contributed by atoms with E-state index in [1.54, 1.807) is 0 Å². The number of carbonyl (C=O) groups excluding carboxylic acids is 1. The molecule has 1 saturated carbocycles. The minimum Gasteiger partial charge on any atom is -0.466 e. The van der Waals surface area contributed by atoms with Gasteiger partial charge in [-0.3, -0.25) is 4.79 Å². The predicted octanol–water partition coefficient (Wildman–Crippen LogP) is 3.54. The predicted molar refractivity (Wildman–Crippen MR) is 76.8 cm³/mol. The number of carbonyl (C=O) groups is 1. The highest BCUT2D eigenvalue weighted by Gasteiger charge is 2.45. The zero-order valence-corrected chi connectivity index (χ0v) is 13.2. The number of ether oxygens (including phenoxy) is 1. The van der Waals surface area contributed by atoms with Gasteiger partial charge in [0.15, 0.2) is 0 Å². The first-order valence-electron chi connectivity index (χ1n) is 7.61. The molecule has 0 radical (unpaired) electrons. The Balaban J connectivity index is 2.90. The molecular weight excluding hydrogens is 240 g/mol. The summed E-state index contributed by atoms with van der Waals surface area (Å²) >= 11 is 0. The van der Waals surface area contributed by atoms with Gasteiger partial charge in [0.2, 0.25) is 0 Å². The molecule has 0 heterocycles. The van der Waals surface area contributed by atoms with Crippen LogP contribution in [-0.2, 0) is 9.53 Å². The first kappa shape index (κ1) is 16.5. The van der Waals surface area contributed by atoms with Crippen molar-refractivity contribution in [2.24, 2.45) is 17.3 Å². The van der Waals surface area contributed by atoms with E-state index >= 15 is 0 Å². The normalized spacial score (nSPS) is 28.8. The van der Waals surface area contributed by atoms with E-state index in [-0.39, 0.29) is 17.3 Å². The van der Waals surface area contributed by atoms with Crippen molar-refractivity contribution < 1.29 is 14.6 Å². The number of esters is 1. The lowest BCUT2D eigenvalue weighted by atomic mass is 9.74. The summed E-state index contributed by atoms with van der Waals surface area (Å²) in [4.78, 5) is 12.2. The fourth-order valence-electron chi connectivity index (χ4n) is 3.33. The molecule has 3 nitrogen and oxygen atoms in total. The standard InChI is InChI=1S/C16H30O3/c1-6-19-14(17)13(12(2)3)16(18)9-7-8-15(4,5)10-11-16/h12-13,18H,6-11H2,1-5H3. The zero-order chi connectivity index (χ0) is 14.7. The van der Waals surface area contributed by atoms with Crippen LogP contribution < -0.4 is 0 Å². The smallest absolute Gasteiger partial charge is 0.312 e. The lowest BCUT2D eigenvalue weighted by Gasteiger charge is -2.36. The number of rotatable bonds is 4. The zero-order valence-electron chi connectivity index (χ0n) is 13.2. The quantitative estimate of drug-likeness (QED) is 0.628. The van der Waals surface area contributed by atoms with Gasteiger partial charge in [0, 0.05) is 0 Å². The molecule has 1 fully saturated rings. The average molecular weight is 270 g/mol. The maximum atomic E-state index is 12.2. The van der Waals surface area contributed by atoms with E-state index in [4.69, 9.17) is 4.74 Å². The van der Waals surface area contributed by atoms with Crippen molar-refractivity contribution in [1.29, 1.82) is 0 Å². The van der Waals surface area contributed by atoms with Crippen molar-refractivity contribution in [3.8, 4) is 0 Å². The van der Waals surface area contributed by atoms with Crippen molar-refractivity contribution in [2.75, 3.05) is 6.61 Å². The minimum absolute atomic E-state index is 0.102. The van der Waals surface area contributed by atoms with Gasteiger partial charge >= 0.3 is 5.97 Å². The second-order valence-electron chi connectivity index (χ2n) is 7.10. The molecule has 0 aromatic carbocycles. The van der Waals surface area contributed by atoms with Crippen LogP contribution in [0.15, 0.2) is 0 Å². The molecule has 0 aromatic heterocycles. The van der Waals surface area contributed by atoms with E-state index in [0.717, 1.165) is 19.3 Å². The maximum absolute atomic E-state index is 12.2. The number of aliphatic hydroxyl groups is 1. The van der Waals surface area contributed by atoms with Crippen LogP contribution in [0.2, 0.25) is 0 Å². The molecule has 2 atom stereocenters. The lowest BCUT2D eigenvalue weighted by Crippen LogP contribution is -2.45. The summed E-state index contributed by atoms with van der Waals surface area (Å²) in [5, 5.41) is 11.0. The Morgan fingerprint density at radius 1 is 1.21 bits per heavy atom. The Labute approximate surface area is 117 Å². The van der Waals surface area contributed by atoms with Gasteiger partial charge in [-0.05, 0) is 43.9 Å². The Morgan fingerprint density at radius 3 is 2.37 bits per heavy atom. The van der Waals surface area contributed by atoms with Gasteiger partial charge in [-0.25, -0.2) is 0 Å². The topological polar surface area (TPSA) is 46.5 Å². The summed E-state index contributed by atoms with van der Waals surface area (Å²) in [5.41, 5.74) is -0.630. The molecular formula is C16H30O3. The molecule has 19 heavy (non-hydrogen) atoms.